The van der Waals surface area contributed by atoms with Crippen molar-refractivity contribution >= 4 is 12.2 Å². The Morgan fingerprint density at radius 3 is 1.18 bits per heavy atom. The number of alkyl halides is 8. The van der Waals surface area contributed by atoms with Crippen LogP contribution in [0.15, 0.2) is 0 Å². The molecule has 0 aromatic carbocycles. The van der Waals surface area contributed by atoms with Gasteiger partial charge in [-0.25, -0.2) is 29.8 Å². The highest BCUT2D eigenvalue weighted by molar-refractivity contribution is 5.65. The molecular weight excluding hydrogens is 432 g/mol. The fraction of sp³-hybridized carbons (Fsp3) is 0.750. The number of nitro groups is 2. The van der Waals surface area contributed by atoms with Crippen LogP contribution in [0.5, 0.6) is 0 Å². The van der Waals surface area contributed by atoms with E-state index in [-0.39, 0.29) is 0 Å². The molecule has 28 heavy (non-hydrogen) atoms. The highest BCUT2D eigenvalue weighted by Crippen LogP contribution is 2.52. The molecule has 2 amide bonds. The largest absolute Gasteiger partial charge is 0.465 e. The summed E-state index contributed by atoms with van der Waals surface area (Å²) in [6, 6.07) is 0. The highest BCUT2D eigenvalue weighted by Gasteiger charge is 2.81. The molecule has 0 fully saturated rings. The molecule has 0 aliphatic rings. The maximum Gasteiger partial charge on any atom is 0.465 e. The lowest BCUT2D eigenvalue weighted by atomic mass is 9.99. The third-order valence-electron chi connectivity index (χ3n) is 2.45. The first-order chi connectivity index (χ1) is 12.4. The van der Waals surface area contributed by atoms with E-state index in [2.05, 4.69) is 9.47 Å². The van der Waals surface area contributed by atoms with Crippen molar-refractivity contribution in [2.45, 2.75) is 23.7 Å². The van der Waals surface area contributed by atoms with Crippen LogP contribution in [0.3, 0.4) is 0 Å². The Kier molecular flexibility index (Phi) is 7.26. The van der Waals surface area contributed by atoms with Crippen LogP contribution in [-0.4, -0.2) is 59.2 Å². The number of carbonyl (C=O) groups is 2. The molecule has 0 radical (unpaired) electrons. The monoisotopic (exact) mass is 438 g/mol. The van der Waals surface area contributed by atoms with Gasteiger partial charge >= 0.3 is 35.9 Å². The summed E-state index contributed by atoms with van der Waals surface area (Å²) in [5, 5.41) is 16.1. The van der Waals surface area contributed by atoms with Gasteiger partial charge < -0.3 is 9.47 Å². The Morgan fingerprint density at radius 2 is 0.964 bits per heavy atom. The Bertz CT molecular complexity index is 590. The molecular formula is C8H6F8N4O8. The van der Waals surface area contributed by atoms with Crippen molar-refractivity contribution in [1.29, 1.82) is 0 Å². The normalized spacial score (nSPS) is 12.7. The number of hydrogen-bond acceptors (Lipinski definition) is 8. The molecule has 0 rings (SSSR count). The number of halogens is 8. The maximum absolute atomic E-state index is 13.3. The van der Waals surface area contributed by atoms with Gasteiger partial charge in [0.05, 0.1) is 0 Å². The second-order valence-corrected chi connectivity index (χ2v) is 4.45. The van der Waals surface area contributed by atoms with Crippen LogP contribution >= 0.6 is 0 Å². The molecule has 162 valence electrons. The summed E-state index contributed by atoms with van der Waals surface area (Å²) in [6.45, 7) is -5.98. The predicted octanol–water partition coefficient (Wildman–Crippen LogP) is 1.36. The molecule has 0 heterocycles. The Hall–Kier alpha value is -3.22. The van der Waals surface area contributed by atoms with E-state index in [4.69, 9.17) is 0 Å². The first kappa shape index (κ1) is 24.8. The Morgan fingerprint density at radius 1 is 0.714 bits per heavy atom. The van der Waals surface area contributed by atoms with Crippen LogP contribution in [0.1, 0.15) is 0 Å². The Labute approximate surface area is 146 Å². The molecule has 0 unspecified atom stereocenters. The fourth-order valence-corrected chi connectivity index (χ4v) is 1.17. The molecule has 2 N–H and O–H groups in total. The number of nitrogens with zero attached hydrogens (tertiary/aromatic N) is 2. The van der Waals surface area contributed by atoms with Crippen LogP contribution in [0.4, 0.5) is 44.7 Å². The molecule has 20 heteroatoms. The summed E-state index contributed by atoms with van der Waals surface area (Å²) in [5.41, 5.74) is 1.02. The maximum atomic E-state index is 13.3. The van der Waals surface area contributed by atoms with E-state index < -0.39 is 59.2 Å². The minimum atomic E-state index is -6.96. The molecule has 0 aromatic heterocycles. The average molecular weight is 438 g/mol. The molecule has 0 atom stereocenters. The van der Waals surface area contributed by atoms with Gasteiger partial charge in [-0.3, -0.25) is 0 Å². The van der Waals surface area contributed by atoms with Crippen LogP contribution < -0.4 is 10.9 Å². The van der Waals surface area contributed by atoms with E-state index >= 15 is 0 Å². The SMILES string of the molecule is O=C(N[N+](=O)[O-])OCC(F)(F)C(F)(F)C(F)(F)C(F)(F)COC(=O)N[N+](=O)[O-]. The molecule has 0 aromatic rings. The van der Waals surface area contributed by atoms with Gasteiger partial charge in [0.1, 0.15) is 0 Å². The average Bonchev–Trinajstić information content (AvgIpc) is 2.49. The smallest absolute Gasteiger partial charge is 0.439 e. The van der Waals surface area contributed by atoms with Gasteiger partial charge in [-0.2, -0.15) is 35.1 Å². The lowest BCUT2D eigenvalue weighted by Gasteiger charge is -2.35. The lowest BCUT2D eigenvalue weighted by molar-refractivity contribution is -0.530. The van der Waals surface area contributed by atoms with Crippen LogP contribution in [0.2, 0.25) is 0 Å². The summed E-state index contributed by atoms with van der Waals surface area (Å²) >= 11 is 0. The molecule has 12 nitrogen and oxygen atoms in total. The number of nitrogens with one attached hydrogen (secondary N) is 2. The number of carbonyl (C=O) groups excluding carboxylic acids is 2. The zero-order valence-electron chi connectivity index (χ0n) is 12.6. The molecule has 0 saturated carbocycles. The van der Waals surface area contributed by atoms with Crippen molar-refractivity contribution in [3.63, 3.8) is 0 Å². The molecule has 0 saturated heterocycles. The highest BCUT2D eigenvalue weighted by atomic mass is 19.4. The quantitative estimate of drug-likeness (QED) is 0.310. The second kappa shape index (κ2) is 8.21. The number of rotatable bonds is 9. The Balaban J connectivity index is 5.34. The summed E-state index contributed by atoms with van der Waals surface area (Å²) in [5.74, 6) is -26.3. The van der Waals surface area contributed by atoms with Crippen molar-refractivity contribution in [3.05, 3.63) is 20.2 Å². The van der Waals surface area contributed by atoms with Crippen LogP contribution in [-0.2, 0) is 9.47 Å². The minimum Gasteiger partial charge on any atom is -0.439 e. The van der Waals surface area contributed by atoms with Crippen molar-refractivity contribution in [2.75, 3.05) is 13.2 Å². The van der Waals surface area contributed by atoms with Gasteiger partial charge in [0.15, 0.2) is 23.3 Å². The number of ether oxygens (including phenoxy) is 2. The number of amides is 2. The van der Waals surface area contributed by atoms with E-state index in [1.165, 1.54) is 0 Å². The summed E-state index contributed by atoms with van der Waals surface area (Å²) in [7, 11) is 0. The van der Waals surface area contributed by atoms with Gasteiger partial charge in [-0.15, -0.1) is 0 Å². The molecule has 0 aliphatic carbocycles. The van der Waals surface area contributed by atoms with E-state index in [1.807, 2.05) is 0 Å². The number of hydrogen-bond donors (Lipinski definition) is 2. The van der Waals surface area contributed by atoms with Gasteiger partial charge in [-0.05, 0) is 10.9 Å². The molecule has 0 aliphatic heterocycles. The van der Waals surface area contributed by atoms with E-state index in [1.54, 1.807) is 0 Å². The van der Waals surface area contributed by atoms with E-state index in [0.29, 0.717) is 10.9 Å². The standard InChI is InChI=1S/C8H6F8N4O8/c9-5(10,1-27-3(21)17-19(23)24)7(13,14)8(15,16)6(11,12)2-28-4(22)18-20(25)26/h1-2H2,(H,17,21)(H,18,22). The van der Waals surface area contributed by atoms with Crippen molar-refractivity contribution in [3.8, 4) is 0 Å². The predicted molar refractivity (Wildman–Crippen MR) is 62.7 cm³/mol. The fourth-order valence-electron chi connectivity index (χ4n) is 1.17. The van der Waals surface area contributed by atoms with Gasteiger partial charge in [0.25, 0.3) is 0 Å². The third kappa shape index (κ3) is 5.64. The molecule has 0 spiro atoms. The zero-order chi connectivity index (χ0) is 22.6. The van der Waals surface area contributed by atoms with Crippen molar-refractivity contribution in [1.82, 2.24) is 10.9 Å². The summed E-state index contributed by atoms with van der Waals surface area (Å²) in [4.78, 5) is 40.6. The second-order valence-electron chi connectivity index (χ2n) is 4.45. The van der Waals surface area contributed by atoms with Gasteiger partial charge in [0, 0.05) is 0 Å². The first-order valence-electron chi connectivity index (χ1n) is 6.04. The molecule has 0 bridgehead atoms. The van der Waals surface area contributed by atoms with E-state index in [9.17, 15) is 64.9 Å². The lowest BCUT2D eigenvalue weighted by Crippen LogP contribution is -2.64. The van der Waals surface area contributed by atoms with Gasteiger partial charge in [-0.1, -0.05) is 0 Å². The van der Waals surface area contributed by atoms with Crippen molar-refractivity contribution in [2.24, 2.45) is 0 Å². The zero-order valence-corrected chi connectivity index (χ0v) is 12.6. The van der Waals surface area contributed by atoms with Gasteiger partial charge in [0.2, 0.25) is 0 Å². The minimum absolute atomic E-state index is 0.512. The third-order valence-corrected chi connectivity index (χ3v) is 2.45. The topological polar surface area (TPSA) is 163 Å². The van der Waals surface area contributed by atoms with E-state index in [0.717, 1.165) is 0 Å². The number of hydrazine groups is 2. The van der Waals surface area contributed by atoms with Crippen LogP contribution in [0, 0.1) is 20.2 Å². The van der Waals surface area contributed by atoms with Crippen molar-refractivity contribution < 1.29 is 64.3 Å². The summed E-state index contributed by atoms with van der Waals surface area (Å²) < 4.78 is 113. The summed E-state index contributed by atoms with van der Waals surface area (Å²) in [6.07, 6.45) is -4.81. The first-order valence-corrected chi connectivity index (χ1v) is 6.04. The van der Waals surface area contributed by atoms with Crippen LogP contribution in [0.25, 0.3) is 0 Å².